The van der Waals surface area contributed by atoms with Crippen molar-refractivity contribution in [2.24, 2.45) is 11.3 Å². The zero-order chi connectivity index (χ0) is 10.7. The number of aliphatic hydroxyl groups is 1. The number of hydrogen-bond acceptors (Lipinski definition) is 3. The number of rotatable bonds is 1. The summed E-state index contributed by atoms with van der Waals surface area (Å²) in [6.07, 6.45) is 5.23. The molecule has 3 atom stereocenters. The SMILES string of the molecule is COC(=O)C12C[C]3CC(CC(O)(C3)C1)C2. The number of carbonyl (C=O) groups is 1. The largest absolute Gasteiger partial charge is 0.469 e. The second-order valence-electron chi connectivity index (χ2n) is 5.75. The van der Waals surface area contributed by atoms with Crippen LogP contribution in [0.3, 0.4) is 0 Å². The lowest BCUT2D eigenvalue weighted by Gasteiger charge is -2.58. The molecule has 0 aliphatic heterocycles. The third-order valence-electron chi connectivity index (χ3n) is 4.38. The van der Waals surface area contributed by atoms with Gasteiger partial charge in [0.1, 0.15) is 0 Å². The second kappa shape index (κ2) is 2.76. The molecule has 4 aliphatic carbocycles. The van der Waals surface area contributed by atoms with Crippen LogP contribution in [0.1, 0.15) is 38.5 Å². The van der Waals surface area contributed by atoms with Gasteiger partial charge in [0.25, 0.3) is 0 Å². The van der Waals surface area contributed by atoms with Crippen molar-refractivity contribution in [2.45, 2.75) is 44.1 Å². The minimum absolute atomic E-state index is 0.109. The lowest BCUT2D eigenvalue weighted by molar-refractivity contribution is -0.178. The number of hydrogen-bond donors (Lipinski definition) is 1. The second-order valence-corrected chi connectivity index (χ2v) is 5.75. The molecule has 0 aromatic rings. The van der Waals surface area contributed by atoms with Crippen molar-refractivity contribution < 1.29 is 14.6 Å². The maximum absolute atomic E-state index is 11.9. The molecule has 0 aromatic heterocycles. The van der Waals surface area contributed by atoms with Gasteiger partial charge in [-0.3, -0.25) is 4.79 Å². The molecule has 0 aromatic carbocycles. The Morgan fingerprint density at radius 3 is 2.87 bits per heavy atom. The van der Waals surface area contributed by atoms with Crippen molar-refractivity contribution >= 4 is 5.97 Å². The number of ether oxygens (including phenoxy) is 1. The monoisotopic (exact) mass is 209 g/mol. The zero-order valence-corrected chi connectivity index (χ0v) is 9.08. The van der Waals surface area contributed by atoms with E-state index >= 15 is 0 Å². The van der Waals surface area contributed by atoms with Crippen molar-refractivity contribution in [1.29, 1.82) is 0 Å². The molecule has 4 fully saturated rings. The molecular formula is C12H17O3. The van der Waals surface area contributed by atoms with Crippen LogP contribution in [0, 0.1) is 17.3 Å². The van der Waals surface area contributed by atoms with Crippen LogP contribution in [-0.2, 0) is 9.53 Å². The van der Waals surface area contributed by atoms with Gasteiger partial charge in [-0.15, -0.1) is 0 Å². The number of carbonyl (C=O) groups excluding carboxylic acids is 1. The van der Waals surface area contributed by atoms with Crippen molar-refractivity contribution in [3.63, 3.8) is 0 Å². The van der Waals surface area contributed by atoms with Crippen LogP contribution in [0.25, 0.3) is 0 Å². The Morgan fingerprint density at radius 2 is 2.27 bits per heavy atom. The third kappa shape index (κ3) is 1.25. The van der Waals surface area contributed by atoms with Crippen molar-refractivity contribution in [3.05, 3.63) is 5.92 Å². The highest BCUT2D eigenvalue weighted by Crippen LogP contribution is 2.62. The van der Waals surface area contributed by atoms with Crippen LogP contribution < -0.4 is 0 Å². The van der Waals surface area contributed by atoms with E-state index in [0.29, 0.717) is 12.3 Å². The first-order valence-corrected chi connectivity index (χ1v) is 5.70. The molecule has 0 heterocycles. The van der Waals surface area contributed by atoms with Crippen LogP contribution in [0.5, 0.6) is 0 Å². The van der Waals surface area contributed by atoms with Crippen LogP contribution in [-0.4, -0.2) is 23.8 Å². The smallest absolute Gasteiger partial charge is 0.311 e. The minimum Gasteiger partial charge on any atom is -0.469 e. The van der Waals surface area contributed by atoms with Gasteiger partial charge >= 0.3 is 5.97 Å². The Balaban J connectivity index is 1.96. The van der Waals surface area contributed by atoms with E-state index in [1.54, 1.807) is 0 Å². The van der Waals surface area contributed by atoms with Gasteiger partial charge in [-0.1, -0.05) is 0 Å². The predicted molar refractivity (Wildman–Crippen MR) is 53.8 cm³/mol. The summed E-state index contributed by atoms with van der Waals surface area (Å²) < 4.78 is 4.92. The summed E-state index contributed by atoms with van der Waals surface area (Å²) in [6.45, 7) is 0. The van der Waals surface area contributed by atoms with E-state index in [2.05, 4.69) is 0 Å². The standard InChI is InChI=1S/C12H17O3/c1-15-10(13)11-3-8-2-9(4-11)6-12(14,5-8)7-11/h8,14H,2-7H2,1H3. The first-order chi connectivity index (χ1) is 7.05. The highest BCUT2D eigenvalue weighted by molar-refractivity contribution is 5.78. The molecule has 4 rings (SSSR count). The molecule has 4 saturated carbocycles. The molecule has 4 aliphatic rings. The number of methoxy groups -OCH3 is 1. The summed E-state index contributed by atoms with van der Waals surface area (Å²) in [5, 5.41) is 10.4. The fourth-order valence-corrected chi connectivity index (χ4v) is 4.35. The quantitative estimate of drug-likeness (QED) is 0.665. The fourth-order valence-electron chi connectivity index (χ4n) is 4.35. The van der Waals surface area contributed by atoms with Gasteiger partial charge in [0.2, 0.25) is 0 Å². The summed E-state index contributed by atoms with van der Waals surface area (Å²) in [7, 11) is 1.45. The molecule has 0 amide bonds. The van der Waals surface area contributed by atoms with Crippen LogP contribution in [0.2, 0.25) is 0 Å². The van der Waals surface area contributed by atoms with Gasteiger partial charge < -0.3 is 9.84 Å². The van der Waals surface area contributed by atoms with E-state index in [-0.39, 0.29) is 11.4 Å². The molecule has 3 heteroatoms. The van der Waals surface area contributed by atoms with Crippen molar-refractivity contribution in [1.82, 2.24) is 0 Å². The minimum atomic E-state index is -0.594. The van der Waals surface area contributed by atoms with Gasteiger partial charge in [-0.2, -0.15) is 0 Å². The molecule has 83 valence electrons. The van der Waals surface area contributed by atoms with E-state index in [9.17, 15) is 9.90 Å². The summed E-state index contributed by atoms with van der Waals surface area (Å²) in [4.78, 5) is 11.9. The average molecular weight is 209 g/mol. The molecule has 0 spiro atoms. The van der Waals surface area contributed by atoms with Crippen LogP contribution >= 0.6 is 0 Å². The molecule has 15 heavy (non-hydrogen) atoms. The third-order valence-corrected chi connectivity index (χ3v) is 4.38. The highest BCUT2D eigenvalue weighted by Gasteiger charge is 2.60. The first-order valence-electron chi connectivity index (χ1n) is 5.70. The van der Waals surface area contributed by atoms with Gasteiger partial charge in [0.15, 0.2) is 0 Å². The van der Waals surface area contributed by atoms with Crippen LogP contribution in [0.15, 0.2) is 0 Å². The van der Waals surface area contributed by atoms with Crippen molar-refractivity contribution in [2.75, 3.05) is 7.11 Å². The van der Waals surface area contributed by atoms with Gasteiger partial charge in [-0.25, -0.2) is 0 Å². The Kier molecular flexibility index (Phi) is 1.77. The Hall–Kier alpha value is -0.570. The summed E-state index contributed by atoms with van der Waals surface area (Å²) in [6, 6.07) is 0. The molecular weight excluding hydrogens is 192 g/mol. The highest BCUT2D eigenvalue weighted by atomic mass is 16.5. The predicted octanol–water partition coefficient (Wildman–Crippen LogP) is 1.45. The summed E-state index contributed by atoms with van der Waals surface area (Å²) >= 11 is 0. The maximum Gasteiger partial charge on any atom is 0.311 e. The van der Waals surface area contributed by atoms with Crippen molar-refractivity contribution in [3.8, 4) is 0 Å². The van der Waals surface area contributed by atoms with E-state index in [0.717, 1.165) is 32.1 Å². The first kappa shape index (κ1) is 9.64. The van der Waals surface area contributed by atoms with Gasteiger partial charge in [0, 0.05) is 0 Å². The summed E-state index contributed by atoms with van der Waals surface area (Å²) in [5.74, 6) is 1.79. The molecule has 1 N–H and O–H groups in total. The molecule has 3 nitrogen and oxygen atoms in total. The topological polar surface area (TPSA) is 46.5 Å². The van der Waals surface area contributed by atoms with Gasteiger partial charge in [-0.05, 0) is 50.4 Å². The molecule has 4 bridgehead atoms. The Labute approximate surface area is 89.8 Å². The van der Waals surface area contributed by atoms with E-state index in [1.807, 2.05) is 0 Å². The Bertz CT molecular complexity index is 296. The number of esters is 1. The average Bonchev–Trinajstić information content (AvgIpc) is 2.12. The fraction of sp³-hybridized carbons (Fsp3) is 0.833. The van der Waals surface area contributed by atoms with Crippen LogP contribution in [0.4, 0.5) is 0 Å². The zero-order valence-electron chi connectivity index (χ0n) is 9.08. The van der Waals surface area contributed by atoms with E-state index in [4.69, 9.17) is 4.74 Å². The van der Waals surface area contributed by atoms with E-state index < -0.39 is 5.60 Å². The lowest BCUT2D eigenvalue weighted by Crippen LogP contribution is -2.57. The molecule has 1 radical (unpaired) electrons. The van der Waals surface area contributed by atoms with E-state index in [1.165, 1.54) is 13.0 Å². The van der Waals surface area contributed by atoms with Gasteiger partial charge in [0.05, 0.1) is 18.1 Å². The molecule has 0 saturated heterocycles. The normalized spacial score (nSPS) is 48.3. The Morgan fingerprint density at radius 1 is 1.47 bits per heavy atom. The molecule has 3 unspecified atom stereocenters. The summed E-state index contributed by atoms with van der Waals surface area (Å²) in [5.41, 5.74) is -0.971. The lowest BCUT2D eigenvalue weighted by atomic mass is 9.48. The maximum atomic E-state index is 11.9.